The van der Waals surface area contributed by atoms with Gasteiger partial charge in [0, 0.05) is 41.9 Å². The van der Waals surface area contributed by atoms with Crippen LogP contribution in [0.1, 0.15) is 12.5 Å². The molecule has 0 unspecified atom stereocenters. The number of nitrogens with one attached hydrogen (secondary N) is 1. The van der Waals surface area contributed by atoms with Crippen molar-refractivity contribution in [1.29, 1.82) is 0 Å². The van der Waals surface area contributed by atoms with Gasteiger partial charge in [0.15, 0.2) is 5.82 Å². The lowest BCUT2D eigenvalue weighted by molar-refractivity contribution is 0.581. The third-order valence-corrected chi connectivity index (χ3v) is 4.09. The van der Waals surface area contributed by atoms with E-state index in [1.165, 1.54) is 13.0 Å². The van der Waals surface area contributed by atoms with E-state index in [2.05, 4.69) is 26.8 Å². The molecule has 0 aliphatic rings. The van der Waals surface area contributed by atoms with Crippen LogP contribution >= 0.6 is 0 Å². The molecule has 3 aromatic rings. The summed E-state index contributed by atoms with van der Waals surface area (Å²) in [6.07, 6.45) is 4.31. The van der Waals surface area contributed by atoms with Crippen molar-refractivity contribution in [2.75, 3.05) is 12.4 Å². The van der Waals surface area contributed by atoms with Crippen LogP contribution in [-0.2, 0) is 0 Å². The summed E-state index contributed by atoms with van der Waals surface area (Å²) in [6, 6.07) is 6.60. The largest absolute Gasteiger partial charge is 0.373 e. The Morgan fingerprint density at radius 3 is 2.61 bits per heavy atom. The molecule has 142 valence electrons. The molecule has 2 aromatic heterocycles. The number of rotatable bonds is 4. The first-order valence-corrected chi connectivity index (χ1v) is 8.39. The number of hydrogen-bond donors (Lipinski definition) is 1. The third kappa shape index (κ3) is 3.93. The van der Waals surface area contributed by atoms with Crippen LogP contribution < -0.4 is 15.9 Å². The van der Waals surface area contributed by atoms with Crippen molar-refractivity contribution in [2.45, 2.75) is 6.92 Å². The first-order valence-electron chi connectivity index (χ1n) is 8.39. The lowest BCUT2D eigenvalue weighted by atomic mass is 10.1. The van der Waals surface area contributed by atoms with E-state index in [9.17, 15) is 8.78 Å². The molecule has 0 aliphatic heterocycles. The molecule has 0 saturated carbocycles. The van der Waals surface area contributed by atoms with E-state index < -0.39 is 17.5 Å². The molecule has 2 heterocycles. The summed E-state index contributed by atoms with van der Waals surface area (Å²) in [4.78, 5) is 12.6. The van der Waals surface area contributed by atoms with Gasteiger partial charge in [-0.2, -0.15) is 0 Å². The Morgan fingerprint density at radius 1 is 1.18 bits per heavy atom. The Hall–Kier alpha value is -3.48. The number of aromatic nitrogens is 3. The lowest BCUT2D eigenvalue weighted by Crippen LogP contribution is -2.32. The van der Waals surface area contributed by atoms with Crippen LogP contribution in [0.4, 0.5) is 19.0 Å². The number of nitrogens with zero attached hydrogens (tertiary/aromatic N) is 3. The first-order chi connectivity index (χ1) is 13.4. The maximum Gasteiger partial charge on any atom is 0.163 e. The quantitative estimate of drug-likeness (QED) is 0.751. The average Bonchev–Trinajstić information content (AvgIpc) is 2.68. The van der Waals surface area contributed by atoms with E-state index in [1.807, 2.05) is 0 Å². The van der Waals surface area contributed by atoms with Crippen molar-refractivity contribution in [3.8, 4) is 11.4 Å². The molecular weight excluding hydrogens is 365 g/mol. The van der Waals surface area contributed by atoms with Gasteiger partial charge in [0.2, 0.25) is 0 Å². The highest BCUT2D eigenvalue weighted by molar-refractivity contribution is 5.73. The van der Waals surface area contributed by atoms with Crippen molar-refractivity contribution in [2.24, 2.45) is 0 Å². The van der Waals surface area contributed by atoms with Gasteiger partial charge < -0.3 is 5.32 Å². The van der Waals surface area contributed by atoms with Crippen LogP contribution in [0.5, 0.6) is 0 Å². The normalized spacial score (nSPS) is 12.7. The Balaban J connectivity index is 2.20. The highest BCUT2D eigenvalue weighted by Crippen LogP contribution is 2.21. The SMILES string of the molecule is C=c1c(NC)nc(-c2cccnc2)n/c1=C(F)/C=C(\C)c1ccc(F)cc1F. The number of halogens is 3. The molecule has 0 radical (unpaired) electrons. The Bertz CT molecular complexity index is 1160. The molecular formula is C21H17F3N4. The summed E-state index contributed by atoms with van der Waals surface area (Å²) in [5.41, 5.74) is 0.984. The second-order valence-electron chi connectivity index (χ2n) is 6.01. The van der Waals surface area contributed by atoms with E-state index in [-0.39, 0.29) is 27.5 Å². The zero-order valence-electron chi connectivity index (χ0n) is 15.3. The smallest absolute Gasteiger partial charge is 0.163 e. The fourth-order valence-corrected chi connectivity index (χ4v) is 2.66. The van der Waals surface area contributed by atoms with Crippen molar-refractivity contribution >= 4 is 23.8 Å². The summed E-state index contributed by atoms with van der Waals surface area (Å²) in [7, 11) is 1.64. The minimum Gasteiger partial charge on any atom is -0.373 e. The van der Waals surface area contributed by atoms with Gasteiger partial charge in [0.1, 0.15) is 28.6 Å². The van der Waals surface area contributed by atoms with E-state index in [4.69, 9.17) is 0 Å². The van der Waals surface area contributed by atoms with Crippen LogP contribution in [0.2, 0.25) is 0 Å². The Labute approximate surface area is 159 Å². The van der Waals surface area contributed by atoms with Gasteiger partial charge in [-0.15, -0.1) is 0 Å². The van der Waals surface area contributed by atoms with Gasteiger partial charge in [-0.1, -0.05) is 6.58 Å². The summed E-state index contributed by atoms with van der Waals surface area (Å²) < 4.78 is 42.1. The molecule has 7 heteroatoms. The molecule has 0 saturated heterocycles. The fraction of sp³-hybridized carbons (Fsp3) is 0.0952. The molecule has 0 amide bonds. The molecule has 1 N–H and O–H groups in total. The molecule has 1 aromatic carbocycles. The van der Waals surface area contributed by atoms with Gasteiger partial charge in [0.25, 0.3) is 0 Å². The second kappa shape index (κ2) is 8.04. The highest BCUT2D eigenvalue weighted by atomic mass is 19.1. The van der Waals surface area contributed by atoms with Gasteiger partial charge in [-0.3, -0.25) is 4.98 Å². The summed E-state index contributed by atoms with van der Waals surface area (Å²) in [5.74, 6) is -1.55. The Morgan fingerprint density at radius 2 is 1.96 bits per heavy atom. The summed E-state index contributed by atoms with van der Waals surface area (Å²) in [5, 5.41) is 3.10. The second-order valence-corrected chi connectivity index (χ2v) is 6.01. The maximum atomic E-state index is 15.0. The fourth-order valence-electron chi connectivity index (χ4n) is 2.66. The molecule has 0 bridgehead atoms. The van der Waals surface area contributed by atoms with E-state index in [0.29, 0.717) is 11.4 Å². The summed E-state index contributed by atoms with van der Waals surface area (Å²) >= 11 is 0. The highest BCUT2D eigenvalue weighted by Gasteiger charge is 2.10. The predicted molar refractivity (Wildman–Crippen MR) is 104 cm³/mol. The molecule has 28 heavy (non-hydrogen) atoms. The van der Waals surface area contributed by atoms with Gasteiger partial charge in [-0.05, 0) is 42.8 Å². The molecule has 0 spiro atoms. The van der Waals surface area contributed by atoms with E-state index >= 15 is 4.39 Å². The first kappa shape index (κ1) is 19.3. The zero-order chi connectivity index (χ0) is 20.3. The molecule has 0 atom stereocenters. The topological polar surface area (TPSA) is 50.7 Å². The van der Waals surface area contributed by atoms with Crippen LogP contribution in [0.25, 0.3) is 29.4 Å². The van der Waals surface area contributed by atoms with Crippen LogP contribution in [0.15, 0.2) is 48.8 Å². The van der Waals surface area contributed by atoms with Crippen LogP contribution in [-0.4, -0.2) is 22.0 Å². The predicted octanol–water partition coefficient (Wildman–Crippen LogP) is 3.45. The standard InChI is InChI=1S/C21H17F3N4/c1-12(16-7-6-15(22)10-17(16)23)9-18(24)19-13(2)20(25-3)28-21(27-19)14-5-4-8-26-11-14/h4-11H,2H2,1,3H3,(H,25,27,28)/b12-9+,19-18-. The minimum atomic E-state index is -0.772. The third-order valence-electron chi connectivity index (χ3n) is 4.09. The number of anilines is 1. The van der Waals surface area contributed by atoms with Gasteiger partial charge >= 0.3 is 0 Å². The molecule has 0 fully saturated rings. The molecule has 3 rings (SSSR count). The lowest BCUT2D eigenvalue weighted by Gasteiger charge is -2.06. The Kier molecular flexibility index (Phi) is 5.54. The van der Waals surface area contributed by atoms with Crippen LogP contribution in [0.3, 0.4) is 0 Å². The monoisotopic (exact) mass is 382 g/mol. The van der Waals surface area contributed by atoms with Crippen molar-refractivity contribution in [3.05, 3.63) is 76.6 Å². The number of benzene rings is 1. The number of allylic oxidation sites excluding steroid dienone is 2. The average molecular weight is 382 g/mol. The number of hydrogen-bond acceptors (Lipinski definition) is 4. The van der Waals surface area contributed by atoms with Crippen molar-refractivity contribution in [3.63, 3.8) is 0 Å². The maximum absolute atomic E-state index is 15.0. The van der Waals surface area contributed by atoms with E-state index in [1.54, 1.807) is 31.6 Å². The van der Waals surface area contributed by atoms with Gasteiger partial charge in [0.05, 0.1) is 0 Å². The number of pyridine rings is 1. The van der Waals surface area contributed by atoms with E-state index in [0.717, 1.165) is 18.2 Å². The van der Waals surface area contributed by atoms with Crippen molar-refractivity contribution < 1.29 is 13.2 Å². The molecule has 4 nitrogen and oxygen atoms in total. The van der Waals surface area contributed by atoms with Crippen LogP contribution in [0, 0.1) is 11.6 Å². The van der Waals surface area contributed by atoms with Gasteiger partial charge in [-0.25, -0.2) is 23.1 Å². The summed E-state index contributed by atoms with van der Waals surface area (Å²) in [6.45, 7) is 5.37. The minimum absolute atomic E-state index is 0.0277. The van der Waals surface area contributed by atoms with Crippen molar-refractivity contribution in [1.82, 2.24) is 15.0 Å². The zero-order valence-corrected chi connectivity index (χ0v) is 15.3. The molecule has 0 aliphatic carbocycles.